The van der Waals surface area contributed by atoms with E-state index >= 15 is 0 Å². The van der Waals surface area contributed by atoms with Gasteiger partial charge in [-0.1, -0.05) is 0 Å². The van der Waals surface area contributed by atoms with E-state index in [0.717, 1.165) is 5.75 Å². The van der Waals surface area contributed by atoms with Crippen LogP contribution in [0.1, 0.15) is 19.8 Å². The molecule has 1 aromatic rings. The minimum atomic E-state index is -0.192. The molecule has 0 N–H and O–H groups in total. The van der Waals surface area contributed by atoms with Crippen LogP contribution in [0, 0.1) is 5.92 Å². The number of carbonyl (C=O) groups excluding carboxylic acids is 2. The van der Waals surface area contributed by atoms with Gasteiger partial charge in [0.15, 0.2) is 6.61 Å². The maximum atomic E-state index is 12.1. The Balaban J connectivity index is 1.76. The number of hydrogen-bond donors (Lipinski definition) is 0. The van der Waals surface area contributed by atoms with Gasteiger partial charge < -0.3 is 19.1 Å². The van der Waals surface area contributed by atoms with Crippen molar-refractivity contribution in [3.05, 3.63) is 24.3 Å². The van der Waals surface area contributed by atoms with Gasteiger partial charge in [0.25, 0.3) is 5.91 Å². The molecule has 0 spiro atoms. The number of nitrogens with zero attached hydrogens (tertiary/aromatic N) is 1. The van der Waals surface area contributed by atoms with Crippen molar-refractivity contribution < 1.29 is 23.8 Å². The number of methoxy groups -OCH3 is 1. The van der Waals surface area contributed by atoms with Crippen molar-refractivity contribution >= 4 is 11.9 Å². The lowest BCUT2D eigenvalue weighted by atomic mass is 9.97. The molecule has 0 unspecified atom stereocenters. The number of piperidine rings is 1. The molecule has 126 valence electrons. The van der Waals surface area contributed by atoms with Gasteiger partial charge in [0.1, 0.15) is 11.5 Å². The van der Waals surface area contributed by atoms with Gasteiger partial charge in [-0.05, 0) is 44.0 Å². The first-order valence-electron chi connectivity index (χ1n) is 7.85. The number of ether oxygens (including phenoxy) is 3. The van der Waals surface area contributed by atoms with E-state index in [2.05, 4.69) is 0 Å². The molecule has 1 aromatic carbocycles. The summed E-state index contributed by atoms with van der Waals surface area (Å²) in [5, 5.41) is 0. The lowest BCUT2D eigenvalue weighted by molar-refractivity contribution is -0.149. The molecular formula is C17H23NO5. The minimum absolute atomic E-state index is 0.00310. The maximum Gasteiger partial charge on any atom is 0.308 e. The van der Waals surface area contributed by atoms with E-state index in [0.29, 0.717) is 38.3 Å². The molecular weight excluding hydrogens is 298 g/mol. The lowest BCUT2D eigenvalue weighted by Gasteiger charge is -2.30. The Labute approximate surface area is 136 Å². The van der Waals surface area contributed by atoms with Crippen LogP contribution in [0.5, 0.6) is 11.5 Å². The van der Waals surface area contributed by atoms with Crippen molar-refractivity contribution in [1.82, 2.24) is 4.90 Å². The second kappa shape index (κ2) is 8.41. The summed E-state index contributed by atoms with van der Waals surface area (Å²) in [6, 6.07) is 7.18. The van der Waals surface area contributed by atoms with Crippen LogP contribution in [0.25, 0.3) is 0 Å². The summed E-state index contributed by atoms with van der Waals surface area (Å²) in [6.45, 7) is 3.65. The quantitative estimate of drug-likeness (QED) is 0.749. The summed E-state index contributed by atoms with van der Waals surface area (Å²) in [5.41, 5.74) is 0. The molecule has 0 aromatic heterocycles. The standard InChI is InChI=1S/C17H23NO5/c1-3-22-14-4-6-15(7-5-14)23-12-16(19)18-10-8-13(9-11-18)17(20)21-2/h4-7,13H,3,8-12H2,1-2H3. The van der Waals surface area contributed by atoms with Crippen molar-refractivity contribution in [2.24, 2.45) is 5.92 Å². The van der Waals surface area contributed by atoms with Crippen LogP contribution in [0.15, 0.2) is 24.3 Å². The fourth-order valence-corrected chi connectivity index (χ4v) is 2.57. The third-order valence-corrected chi connectivity index (χ3v) is 3.88. The summed E-state index contributed by atoms with van der Waals surface area (Å²) < 4.78 is 15.6. The van der Waals surface area contributed by atoms with Crippen molar-refractivity contribution in [3.8, 4) is 11.5 Å². The summed E-state index contributed by atoms with van der Waals surface area (Å²) in [6.07, 6.45) is 1.28. The molecule has 1 fully saturated rings. The third kappa shape index (κ3) is 4.87. The van der Waals surface area contributed by atoms with Crippen molar-refractivity contribution in [3.63, 3.8) is 0 Å². The first-order chi connectivity index (χ1) is 11.1. The zero-order valence-electron chi connectivity index (χ0n) is 13.6. The maximum absolute atomic E-state index is 12.1. The van der Waals surface area contributed by atoms with Gasteiger partial charge in [0, 0.05) is 13.1 Å². The molecule has 1 saturated heterocycles. The van der Waals surface area contributed by atoms with Crippen LogP contribution in [-0.4, -0.2) is 50.2 Å². The van der Waals surface area contributed by atoms with E-state index in [1.165, 1.54) is 7.11 Å². The second-order valence-corrected chi connectivity index (χ2v) is 5.37. The molecule has 23 heavy (non-hydrogen) atoms. The number of amides is 1. The molecule has 1 aliphatic heterocycles. The second-order valence-electron chi connectivity index (χ2n) is 5.37. The summed E-state index contributed by atoms with van der Waals surface area (Å²) in [4.78, 5) is 25.3. The molecule has 1 heterocycles. The minimum Gasteiger partial charge on any atom is -0.494 e. The predicted molar refractivity (Wildman–Crippen MR) is 84.4 cm³/mol. The van der Waals surface area contributed by atoms with E-state index in [-0.39, 0.29) is 24.4 Å². The molecule has 1 aliphatic rings. The van der Waals surface area contributed by atoms with E-state index in [1.807, 2.05) is 19.1 Å². The number of hydrogen-bond acceptors (Lipinski definition) is 5. The van der Waals surface area contributed by atoms with Crippen LogP contribution in [0.4, 0.5) is 0 Å². The van der Waals surface area contributed by atoms with E-state index in [4.69, 9.17) is 14.2 Å². The largest absolute Gasteiger partial charge is 0.494 e. The lowest BCUT2D eigenvalue weighted by Crippen LogP contribution is -2.42. The summed E-state index contributed by atoms with van der Waals surface area (Å²) in [7, 11) is 1.39. The molecule has 6 heteroatoms. The topological polar surface area (TPSA) is 65.1 Å². The molecule has 0 bridgehead atoms. The van der Waals surface area contributed by atoms with Crippen LogP contribution < -0.4 is 9.47 Å². The highest BCUT2D eigenvalue weighted by atomic mass is 16.5. The average molecular weight is 321 g/mol. The van der Waals surface area contributed by atoms with Gasteiger partial charge >= 0.3 is 5.97 Å². The Kier molecular flexibility index (Phi) is 6.26. The monoisotopic (exact) mass is 321 g/mol. The Hall–Kier alpha value is -2.24. The highest BCUT2D eigenvalue weighted by molar-refractivity contribution is 5.78. The number of benzene rings is 1. The normalized spacial score (nSPS) is 15.1. The van der Waals surface area contributed by atoms with Crippen molar-refractivity contribution in [1.29, 1.82) is 0 Å². The molecule has 2 rings (SSSR count). The average Bonchev–Trinajstić information content (AvgIpc) is 2.60. The molecule has 6 nitrogen and oxygen atoms in total. The van der Waals surface area contributed by atoms with Gasteiger partial charge in [-0.25, -0.2) is 0 Å². The molecule has 0 saturated carbocycles. The van der Waals surface area contributed by atoms with E-state index < -0.39 is 0 Å². The Morgan fingerprint density at radius 3 is 2.17 bits per heavy atom. The van der Waals surface area contributed by atoms with Gasteiger partial charge in [-0.3, -0.25) is 9.59 Å². The van der Waals surface area contributed by atoms with Gasteiger partial charge in [0.2, 0.25) is 0 Å². The fourth-order valence-electron chi connectivity index (χ4n) is 2.57. The highest BCUT2D eigenvalue weighted by Gasteiger charge is 2.27. The molecule has 1 amide bonds. The first kappa shape index (κ1) is 17.1. The zero-order chi connectivity index (χ0) is 16.7. The van der Waals surface area contributed by atoms with Crippen LogP contribution in [-0.2, 0) is 14.3 Å². The number of rotatable bonds is 6. The van der Waals surface area contributed by atoms with E-state index in [1.54, 1.807) is 17.0 Å². The highest BCUT2D eigenvalue weighted by Crippen LogP contribution is 2.20. The van der Waals surface area contributed by atoms with Crippen molar-refractivity contribution in [2.75, 3.05) is 33.4 Å². The Morgan fingerprint density at radius 1 is 1.09 bits per heavy atom. The van der Waals surface area contributed by atoms with Crippen LogP contribution in [0.3, 0.4) is 0 Å². The number of likely N-dealkylation sites (tertiary alicyclic amines) is 1. The van der Waals surface area contributed by atoms with Gasteiger partial charge in [-0.2, -0.15) is 0 Å². The van der Waals surface area contributed by atoms with Crippen LogP contribution >= 0.6 is 0 Å². The smallest absolute Gasteiger partial charge is 0.308 e. The number of carbonyl (C=O) groups is 2. The SMILES string of the molecule is CCOc1ccc(OCC(=O)N2CCC(C(=O)OC)CC2)cc1. The summed E-state index contributed by atoms with van der Waals surface area (Å²) >= 11 is 0. The molecule has 0 aliphatic carbocycles. The Morgan fingerprint density at radius 2 is 1.65 bits per heavy atom. The predicted octanol–water partition coefficient (Wildman–Crippen LogP) is 1.88. The molecule has 0 radical (unpaired) electrons. The Bertz CT molecular complexity index is 520. The third-order valence-electron chi connectivity index (χ3n) is 3.88. The number of esters is 1. The fraction of sp³-hybridized carbons (Fsp3) is 0.529. The first-order valence-corrected chi connectivity index (χ1v) is 7.85. The van der Waals surface area contributed by atoms with Gasteiger partial charge in [-0.15, -0.1) is 0 Å². The summed E-state index contributed by atoms with van der Waals surface area (Å²) in [5.74, 6) is 1.04. The zero-order valence-corrected chi connectivity index (χ0v) is 13.6. The van der Waals surface area contributed by atoms with Gasteiger partial charge in [0.05, 0.1) is 19.6 Å². The molecule has 0 atom stereocenters. The van der Waals surface area contributed by atoms with Crippen molar-refractivity contribution in [2.45, 2.75) is 19.8 Å². The van der Waals surface area contributed by atoms with E-state index in [9.17, 15) is 9.59 Å². The van der Waals surface area contributed by atoms with Crippen LogP contribution in [0.2, 0.25) is 0 Å².